The van der Waals surface area contributed by atoms with Gasteiger partial charge in [0.25, 0.3) is 0 Å². The molecule has 0 unspecified atom stereocenters. The first-order valence-electron chi connectivity index (χ1n) is 14.3. The molecule has 43 heavy (non-hydrogen) atoms. The number of para-hydroxylation sites is 1. The third kappa shape index (κ3) is 4.65. The highest BCUT2D eigenvalue weighted by molar-refractivity contribution is 6.06. The number of hydrogen-bond donors (Lipinski definition) is 0. The van der Waals surface area contributed by atoms with Gasteiger partial charge in [-0.2, -0.15) is 0 Å². The molecule has 5 aromatic carbocycles. The standard InChI is InChI=1S/C39H25N3O/c1-2-8-28(9-3-1)35-25-36(42-39(41-35)33-12-5-4-10-31(33)27-20-22-40-23-21-27)29-16-14-26(15-17-29)30-18-19-38-34(24-30)32-11-6-7-13-37(32)43-38/h1-25H. The number of rotatable bonds is 5. The van der Waals surface area contributed by atoms with Crippen LogP contribution >= 0.6 is 0 Å². The quantitative estimate of drug-likeness (QED) is 0.214. The van der Waals surface area contributed by atoms with Crippen molar-refractivity contribution in [3.8, 4) is 56.2 Å². The average Bonchev–Trinajstić information content (AvgIpc) is 3.47. The molecule has 0 atom stereocenters. The van der Waals surface area contributed by atoms with Crippen LogP contribution in [0.25, 0.3) is 78.1 Å². The fraction of sp³-hybridized carbons (Fsp3) is 0. The minimum atomic E-state index is 0.685. The highest BCUT2D eigenvalue weighted by atomic mass is 16.3. The van der Waals surface area contributed by atoms with Crippen molar-refractivity contribution in [2.75, 3.05) is 0 Å². The third-order valence-electron chi connectivity index (χ3n) is 7.85. The molecular weight excluding hydrogens is 526 g/mol. The second kappa shape index (κ2) is 10.5. The molecule has 202 valence electrons. The predicted molar refractivity (Wildman–Crippen MR) is 174 cm³/mol. The maximum atomic E-state index is 6.03. The molecule has 8 aromatic rings. The zero-order valence-corrected chi connectivity index (χ0v) is 23.2. The van der Waals surface area contributed by atoms with Gasteiger partial charge < -0.3 is 4.42 Å². The van der Waals surface area contributed by atoms with Gasteiger partial charge in [0.2, 0.25) is 0 Å². The Balaban J connectivity index is 1.23. The first kappa shape index (κ1) is 24.9. The topological polar surface area (TPSA) is 51.8 Å². The molecule has 0 aliphatic carbocycles. The first-order chi connectivity index (χ1) is 21.3. The lowest BCUT2D eigenvalue weighted by Gasteiger charge is -2.13. The zero-order chi connectivity index (χ0) is 28.6. The molecule has 0 N–H and O–H groups in total. The molecule has 0 amide bonds. The van der Waals surface area contributed by atoms with E-state index in [0.29, 0.717) is 5.82 Å². The Bertz CT molecular complexity index is 2220. The molecule has 3 heterocycles. The second-order valence-electron chi connectivity index (χ2n) is 10.5. The maximum Gasteiger partial charge on any atom is 0.161 e. The molecule has 8 rings (SSSR count). The molecule has 0 bridgehead atoms. The predicted octanol–water partition coefficient (Wildman–Crippen LogP) is 10.1. The van der Waals surface area contributed by atoms with E-state index >= 15 is 0 Å². The third-order valence-corrected chi connectivity index (χ3v) is 7.85. The van der Waals surface area contributed by atoms with Crippen LogP contribution in [-0.4, -0.2) is 15.0 Å². The normalized spacial score (nSPS) is 11.3. The maximum absolute atomic E-state index is 6.03. The van der Waals surface area contributed by atoms with E-state index in [2.05, 4.69) is 83.8 Å². The van der Waals surface area contributed by atoms with Gasteiger partial charge in [0.1, 0.15) is 11.2 Å². The van der Waals surface area contributed by atoms with Crippen LogP contribution in [0.2, 0.25) is 0 Å². The van der Waals surface area contributed by atoms with Crippen molar-refractivity contribution >= 4 is 21.9 Å². The van der Waals surface area contributed by atoms with Gasteiger partial charge in [-0.1, -0.05) is 103 Å². The van der Waals surface area contributed by atoms with Crippen molar-refractivity contribution < 1.29 is 4.42 Å². The lowest BCUT2D eigenvalue weighted by molar-refractivity contribution is 0.669. The van der Waals surface area contributed by atoms with E-state index in [1.54, 1.807) is 0 Å². The van der Waals surface area contributed by atoms with E-state index in [0.717, 1.165) is 72.3 Å². The summed E-state index contributed by atoms with van der Waals surface area (Å²) in [6, 6.07) is 47.8. The van der Waals surface area contributed by atoms with Crippen LogP contribution in [0.15, 0.2) is 156 Å². The molecule has 0 saturated carbocycles. The summed E-state index contributed by atoms with van der Waals surface area (Å²) < 4.78 is 6.03. The van der Waals surface area contributed by atoms with Gasteiger partial charge in [0, 0.05) is 39.9 Å². The molecule has 3 aromatic heterocycles. The summed E-state index contributed by atoms with van der Waals surface area (Å²) in [6.07, 6.45) is 3.63. The number of furan rings is 1. The molecule has 0 aliphatic heterocycles. The summed E-state index contributed by atoms with van der Waals surface area (Å²) in [6.45, 7) is 0. The Morgan fingerprint density at radius 2 is 1.00 bits per heavy atom. The average molecular weight is 552 g/mol. The second-order valence-corrected chi connectivity index (χ2v) is 10.5. The van der Waals surface area contributed by atoms with Crippen LogP contribution in [0.3, 0.4) is 0 Å². The molecular formula is C39H25N3O. The molecule has 4 heteroatoms. The van der Waals surface area contributed by atoms with Crippen molar-refractivity contribution in [1.29, 1.82) is 0 Å². The van der Waals surface area contributed by atoms with E-state index in [1.807, 2.05) is 73.1 Å². The highest BCUT2D eigenvalue weighted by Gasteiger charge is 2.15. The van der Waals surface area contributed by atoms with Crippen LogP contribution in [0, 0.1) is 0 Å². The minimum absolute atomic E-state index is 0.685. The fourth-order valence-electron chi connectivity index (χ4n) is 5.67. The lowest BCUT2D eigenvalue weighted by Crippen LogP contribution is -1.97. The number of aromatic nitrogens is 3. The molecule has 0 saturated heterocycles. The fourth-order valence-corrected chi connectivity index (χ4v) is 5.67. The molecule has 0 spiro atoms. The highest BCUT2D eigenvalue weighted by Crippen LogP contribution is 2.35. The summed E-state index contributed by atoms with van der Waals surface area (Å²) >= 11 is 0. The molecule has 0 radical (unpaired) electrons. The Morgan fingerprint density at radius 3 is 1.79 bits per heavy atom. The summed E-state index contributed by atoms with van der Waals surface area (Å²) in [4.78, 5) is 14.4. The summed E-state index contributed by atoms with van der Waals surface area (Å²) in [5.41, 5.74) is 11.0. The van der Waals surface area contributed by atoms with E-state index in [4.69, 9.17) is 14.4 Å². The van der Waals surface area contributed by atoms with Crippen molar-refractivity contribution in [1.82, 2.24) is 15.0 Å². The van der Waals surface area contributed by atoms with Gasteiger partial charge in [-0.25, -0.2) is 9.97 Å². The Labute approximate surface area is 249 Å². The Hall–Kier alpha value is -5.87. The van der Waals surface area contributed by atoms with E-state index in [-0.39, 0.29) is 0 Å². The van der Waals surface area contributed by atoms with Gasteiger partial charge >= 0.3 is 0 Å². The first-order valence-corrected chi connectivity index (χ1v) is 14.3. The minimum Gasteiger partial charge on any atom is -0.456 e. The number of benzene rings is 5. The summed E-state index contributed by atoms with van der Waals surface area (Å²) in [7, 11) is 0. The van der Waals surface area contributed by atoms with E-state index in [1.165, 1.54) is 0 Å². The van der Waals surface area contributed by atoms with Crippen LogP contribution < -0.4 is 0 Å². The Morgan fingerprint density at radius 1 is 0.395 bits per heavy atom. The van der Waals surface area contributed by atoms with Crippen molar-refractivity contribution in [2.45, 2.75) is 0 Å². The van der Waals surface area contributed by atoms with Crippen LogP contribution in [0.4, 0.5) is 0 Å². The van der Waals surface area contributed by atoms with Gasteiger partial charge in [0.05, 0.1) is 11.4 Å². The van der Waals surface area contributed by atoms with Crippen molar-refractivity contribution in [2.24, 2.45) is 0 Å². The monoisotopic (exact) mass is 551 g/mol. The van der Waals surface area contributed by atoms with Gasteiger partial charge in [-0.05, 0) is 58.7 Å². The van der Waals surface area contributed by atoms with Gasteiger partial charge in [-0.15, -0.1) is 0 Å². The van der Waals surface area contributed by atoms with E-state index in [9.17, 15) is 0 Å². The number of fused-ring (bicyclic) bond motifs is 3. The Kier molecular flexibility index (Phi) is 6.08. The van der Waals surface area contributed by atoms with Crippen LogP contribution in [0.5, 0.6) is 0 Å². The SMILES string of the molecule is c1ccc(-c2cc(-c3ccc(-c4ccc5oc6ccccc6c5c4)cc3)nc(-c3ccccc3-c3ccncc3)n2)cc1. The number of nitrogens with zero attached hydrogens (tertiary/aromatic N) is 3. The van der Waals surface area contributed by atoms with Crippen LogP contribution in [0.1, 0.15) is 0 Å². The zero-order valence-electron chi connectivity index (χ0n) is 23.2. The largest absolute Gasteiger partial charge is 0.456 e. The number of hydrogen-bond acceptors (Lipinski definition) is 4. The molecule has 4 nitrogen and oxygen atoms in total. The van der Waals surface area contributed by atoms with Gasteiger partial charge in [-0.3, -0.25) is 4.98 Å². The van der Waals surface area contributed by atoms with Gasteiger partial charge in [0.15, 0.2) is 5.82 Å². The lowest BCUT2D eigenvalue weighted by atomic mass is 9.98. The number of pyridine rings is 1. The molecule has 0 fully saturated rings. The summed E-state index contributed by atoms with van der Waals surface area (Å²) in [5, 5.41) is 2.25. The molecule has 0 aliphatic rings. The van der Waals surface area contributed by atoms with Crippen LogP contribution in [-0.2, 0) is 0 Å². The van der Waals surface area contributed by atoms with Crippen molar-refractivity contribution in [3.05, 3.63) is 152 Å². The summed E-state index contributed by atoms with van der Waals surface area (Å²) in [5.74, 6) is 0.685. The van der Waals surface area contributed by atoms with Crippen molar-refractivity contribution in [3.63, 3.8) is 0 Å². The van der Waals surface area contributed by atoms with E-state index < -0.39 is 0 Å². The smallest absolute Gasteiger partial charge is 0.161 e.